The smallest absolute Gasteiger partial charge is 0.179 e. The highest BCUT2D eigenvalue weighted by Crippen LogP contribution is 2.22. The minimum Gasteiger partial charge on any atom is -0.224 e. The third-order valence-corrected chi connectivity index (χ3v) is 6.12. The van der Waals surface area contributed by atoms with Crippen molar-refractivity contribution in [3.8, 4) is 0 Å². The van der Waals surface area contributed by atoms with E-state index in [1.165, 1.54) is 23.9 Å². The fraction of sp³-hybridized carbons (Fsp3) is 0.143. The highest BCUT2D eigenvalue weighted by Gasteiger charge is 2.14. The Morgan fingerprint density at radius 3 is 1.90 bits per heavy atom. The van der Waals surface area contributed by atoms with Crippen molar-refractivity contribution in [1.82, 2.24) is 0 Å². The molecule has 2 nitrogen and oxygen atoms in total. The van der Waals surface area contributed by atoms with E-state index < -0.39 is 9.84 Å². The molecule has 2 rings (SSSR count). The van der Waals surface area contributed by atoms with Crippen LogP contribution in [0.15, 0.2) is 58.3 Å². The van der Waals surface area contributed by atoms with E-state index in [4.69, 9.17) is 23.2 Å². The molecule has 6 heteroatoms. The molecule has 0 fully saturated rings. The van der Waals surface area contributed by atoms with Crippen LogP contribution < -0.4 is 0 Å². The number of rotatable bonds is 5. The second-order valence-electron chi connectivity index (χ2n) is 4.08. The molecule has 0 saturated heterocycles. The molecule has 106 valence electrons. The van der Waals surface area contributed by atoms with Gasteiger partial charge in [0.05, 0.1) is 10.6 Å². The highest BCUT2D eigenvalue weighted by atomic mass is 35.5. The summed E-state index contributed by atoms with van der Waals surface area (Å²) in [6, 6.07) is 13.6. The normalized spacial score (nSPS) is 11.5. The Bertz CT molecular complexity index is 665. The molecule has 0 unspecified atom stereocenters. The van der Waals surface area contributed by atoms with Gasteiger partial charge in [-0.1, -0.05) is 23.2 Å². The Hall–Kier alpha value is -0.680. The first-order chi connectivity index (χ1) is 9.47. The Kier molecular flexibility index (Phi) is 5.38. The van der Waals surface area contributed by atoms with Crippen LogP contribution in [0.25, 0.3) is 0 Å². The summed E-state index contributed by atoms with van der Waals surface area (Å²) in [5.41, 5.74) is 0. The number of hydrogen-bond acceptors (Lipinski definition) is 3. The topological polar surface area (TPSA) is 34.1 Å². The summed E-state index contributed by atoms with van der Waals surface area (Å²) in [7, 11) is -3.26. The van der Waals surface area contributed by atoms with Gasteiger partial charge >= 0.3 is 0 Å². The van der Waals surface area contributed by atoms with E-state index in [9.17, 15) is 8.42 Å². The summed E-state index contributed by atoms with van der Waals surface area (Å²) in [5, 5.41) is 1.20. The lowest BCUT2D eigenvalue weighted by atomic mass is 10.4. The number of halogens is 2. The average molecular weight is 347 g/mol. The van der Waals surface area contributed by atoms with E-state index in [2.05, 4.69) is 0 Å². The second-order valence-corrected chi connectivity index (χ2v) is 8.23. The van der Waals surface area contributed by atoms with Gasteiger partial charge in [-0.2, -0.15) is 0 Å². The molecular weight excluding hydrogens is 335 g/mol. The van der Waals surface area contributed by atoms with Crippen LogP contribution in [0.1, 0.15) is 0 Å². The van der Waals surface area contributed by atoms with Crippen molar-refractivity contribution in [3.05, 3.63) is 58.6 Å². The van der Waals surface area contributed by atoms with Crippen LogP contribution in [0.5, 0.6) is 0 Å². The third kappa shape index (κ3) is 4.42. The fourth-order valence-corrected chi connectivity index (χ4v) is 4.37. The van der Waals surface area contributed by atoms with Crippen molar-refractivity contribution < 1.29 is 8.42 Å². The van der Waals surface area contributed by atoms with Crippen LogP contribution in [0, 0.1) is 0 Å². The molecule has 0 spiro atoms. The lowest BCUT2D eigenvalue weighted by Crippen LogP contribution is -2.08. The largest absolute Gasteiger partial charge is 0.224 e. The van der Waals surface area contributed by atoms with E-state index in [-0.39, 0.29) is 5.75 Å². The monoisotopic (exact) mass is 346 g/mol. The lowest BCUT2D eigenvalue weighted by molar-refractivity contribution is 0.597. The molecule has 0 aliphatic carbocycles. The molecule has 2 aromatic rings. The maximum atomic E-state index is 12.1. The summed E-state index contributed by atoms with van der Waals surface area (Å²) < 4.78 is 24.2. The molecule has 20 heavy (non-hydrogen) atoms. The minimum atomic E-state index is -3.26. The second kappa shape index (κ2) is 6.85. The van der Waals surface area contributed by atoms with Crippen molar-refractivity contribution in [2.75, 3.05) is 11.5 Å². The highest BCUT2D eigenvalue weighted by molar-refractivity contribution is 8.00. The van der Waals surface area contributed by atoms with Crippen molar-refractivity contribution in [3.63, 3.8) is 0 Å². The molecule has 0 bridgehead atoms. The van der Waals surface area contributed by atoms with E-state index in [0.29, 0.717) is 20.7 Å². The first-order valence-corrected chi connectivity index (χ1v) is 9.23. The van der Waals surface area contributed by atoms with E-state index >= 15 is 0 Å². The predicted molar refractivity (Wildman–Crippen MR) is 85.7 cm³/mol. The summed E-state index contributed by atoms with van der Waals surface area (Å²) in [5.74, 6) is 0.578. The molecule has 0 saturated carbocycles. The zero-order chi connectivity index (χ0) is 14.6. The van der Waals surface area contributed by atoms with Crippen LogP contribution >= 0.6 is 35.0 Å². The molecule has 0 aliphatic rings. The van der Waals surface area contributed by atoms with Crippen LogP contribution in [-0.4, -0.2) is 19.9 Å². The zero-order valence-corrected chi connectivity index (χ0v) is 13.6. The number of benzene rings is 2. The molecule has 0 aromatic heterocycles. The summed E-state index contributed by atoms with van der Waals surface area (Å²) in [4.78, 5) is 1.30. The maximum absolute atomic E-state index is 12.1. The van der Waals surface area contributed by atoms with Gasteiger partial charge in [-0.3, -0.25) is 0 Å². The number of thioether (sulfide) groups is 1. The van der Waals surface area contributed by atoms with Gasteiger partial charge in [0.25, 0.3) is 0 Å². The molecular formula is C14H12Cl2O2S2. The van der Waals surface area contributed by atoms with Gasteiger partial charge in [0, 0.05) is 20.7 Å². The zero-order valence-electron chi connectivity index (χ0n) is 10.4. The number of hydrogen-bond donors (Lipinski definition) is 0. The van der Waals surface area contributed by atoms with Gasteiger partial charge in [0.15, 0.2) is 9.84 Å². The van der Waals surface area contributed by atoms with Gasteiger partial charge in [0.2, 0.25) is 0 Å². The van der Waals surface area contributed by atoms with Crippen molar-refractivity contribution in [1.29, 1.82) is 0 Å². The van der Waals surface area contributed by atoms with Crippen molar-refractivity contribution >= 4 is 44.8 Å². The third-order valence-electron chi connectivity index (χ3n) is 2.61. The minimum absolute atomic E-state index is 0.0852. The van der Waals surface area contributed by atoms with E-state index in [1.807, 2.05) is 12.1 Å². The first-order valence-electron chi connectivity index (χ1n) is 5.84. The predicted octanol–water partition coefficient (Wildman–Crippen LogP) is 4.56. The van der Waals surface area contributed by atoms with Crippen molar-refractivity contribution in [2.24, 2.45) is 0 Å². The Morgan fingerprint density at radius 2 is 1.35 bits per heavy atom. The van der Waals surface area contributed by atoms with Gasteiger partial charge in [0.1, 0.15) is 0 Å². The van der Waals surface area contributed by atoms with Crippen LogP contribution in [-0.2, 0) is 9.84 Å². The molecule has 0 radical (unpaired) electrons. The molecule has 0 heterocycles. The summed E-state index contributed by atoms with van der Waals surface area (Å²) in [6.07, 6.45) is 0. The lowest BCUT2D eigenvalue weighted by Gasteiger charge is -2.05. The SMILES string of the molecule is O=S(=O)(CCSc1ccc(Cl)cc1)c1ccc(Cl)cc1. The van der Waals surface area contributed by atoms with Gasteiger partial charge in [-0.15, -0.1) is 11.8 Å². The van der Waals surface area contributed by atoms with Crippen LogP contribution in [0.4, 0.5) is 0 Å². The maximum Gasteiger partial charge on any atom is 0.179 e. The van der Waals surface area contributed by atoms with E-state index in [0.717, 1.165) is 4.90 Å². The summed E-state index contributed by atoms with van der Waals surface area (Å²) >= 11 is 13.0. The van der Waals surface area contributed by atoms with Gasteiger partial charge in [-0.25, -0.2) is 8.42 Å². The summed E-state index contributed by atoms with van der Waals surface area (Å²) in [6.45, 7) is 0. The standard InChI is InChI=1S/C14H12Cl2O2S2/c15-11-1-5-13(6-2-11)19-9-10-20(17,18)14-7-3-12(16)4-8-14/h1-8H,9-10H2. The Labute approximate surface area is 133 Å². The molecule has 0 aliphatic heterocycles. The number of sulfone groups is 1. The van der Waals surface area contributed by atoms with Crippen LogP contribution in [0.2, 0.25) is 10.0 Å². The van der Waals surface area contributed by atoms with E-state index in [1.54, 1.807) is 24.3 Å². The fourth-order valence-electron chi connectivity index (χ4n) is 1.56. The van der Waals surface area contributed by atoms with Crippen molar-refractivity contribution in [2.45, 2.75) is 9.79 Å². The van der Waals surface area contributed by atoms with Crippen LogP contribution in [0.3, 0.4) is 0 Å². The molecule has 0 N–H and O–H groups in total. The Morgan fingerprint density at radius 1 is 0.850 bits per heavy atom. The van der Waals surface area contributed by atoms with Gasteiger partial charge in [-0.05, 0) is 48.5 Å². The quantitative estimate of drug-likeness (QED) is 0.744. The molecule has 0 amide bonds. The molecule has 2 aromatic carbocycles. The molecule has 0 atom stereocenters. The first kappa shape index (κ1) is 15.7. The Balaban J connectivity index is 1.96. The van der Waals surface area contributed by atoms with Gasteiger partial charge < -0.3 is 0 Å². The average Bonchev–Trinajstić information content (AvgIpc) is 2.41.